The Labute approximate surface area is 146 Å². The van der Waals surface area contributed by atoms with E-state index in [9.17, 15) is 14.7 Å². The van der Waals surface area contributed by atoms with E-state index in [0.29, 0.717) is 24.5 Å². The summed E-state index contributed by atoms with van der Waals surface area (Å²) in [5.41, 5.74) is 1.22. The van der Waals surface area contributed by atoms with Crippen molar-refractivity contribution in [3.63, 3.8) is 0 Å². The molecule has 0 heterocycles. The van der Waals surface area contributed by atoms with Crippen LogP contribution in [0.15, 0.2) is 54.6 Å². The molecule has 2 N–H and O–H groups in total. The minimum atomic E-state index is -1.07. The molecule has 6 nitrogen and oxygen atoms in total. The van der Waals surface area contributed by atoms with Crippen LogP contribution in [-0.4, -0.2) is 43.3 Å². The van der Waals surface area contributed by atoms with E-state index in [0.717, 1.165) is 5.56 Å². The van der Waals surface area contributed by atoms with Crippen molar-refractivity contribution in [1.82, 2.24) is 5.32 Å². The molecule has 2 rings (SSSR count). The normalized spacial score (nSPS) is 11.6. The van der Waals surface area contributed by atoms with E-state index in [2.05, 4.69) is 5.32 Å². The number of hydrogen-bond donors (Lipinski definition) is 2. The third-order valence-corrected chi connectivity index (χ3v) is 3.56. The highest BCUT2D eigenvalue weighted by Gasteiger charge is 2.21. The molecule has 132 valence electrons. The number of methoxy groups -OCH3 is 1. The lowest BCUT2D eigenvalue weighted by molar-refractivity contribution is -0.139. The molecule has 0 bridgehead atoms. The van der Waals surface area contributed by atoms with E-state index in [4.69, 9.17) is 9.47 Å². The number of carboxylic acid groups (broad SMARTS) is 1. The van der Waals surface area contributed by atoms with Crippen molar-refractivity contribution >= 4 is 11.9 Å². The quantitative estimate of drug-likeness (QED) is 0.682. The van der Waals surface area contributed by atoms with Gasteiger partial charge in [0.15, 0.2) is 0 Å². The Hall–Kier alpha value is -2.86. The number of carbonyl (C=O) groups excluding carboxylic acids is 1. The second kappa shape index (κ2) is 9.44. The first kappa shape index (κ1) is 18.5. The third-order valence-electron chi connectivity index (χ3n) is 3.56. The maximum Gasteiger partial charge on any atom is 0.326 e. The second-order valence-corrected chi connectivity index (χ2v) is 5.42. The minimum Gasteiger partial charge on any atom is -0.491 e. The van der Waals surface area contributed by atoms with Gasteiger partial charge in [0.05, 0.1) is 6.61 Å². The number of rotatable bonds is 9. The summed E-state index contributed by atoms with van der Waals surface area (Å²) in [5, 5.41) is 11.9. The first-order valence-electron chi connectivity index (χ1n) is 7.89. The molecule has 0 unspecified atom stereocenters. The molecule has 0 aliphatic heterocycles. The molecule has 0 aromatic heterocycles. The molecule has 0 aliphatic rings. The van der Waals surface area contributed by atoms with Gasteiger partial charge in [-0.2, -0.15) is 0 Å². The summed E-state index contributed by atoms with van der Waals surface area (Å²) < 4.78 is 10.3. The molecule has 1 atom stereocenters. The molecule has 2 aromatic carbocycles. The Kier molecular flexibility index (Phi) is 6.98. The van der Waals surface area contributed by atoms with E-state index in [-0.39, 0.29) is 6.42 Å². The summed E-state index contributed by atoms with van der Waals surface area (Å²) in [5.74, 6) is -0.892. The highest BCUT2D eigenvalue weighted by Crippen LogP contribution is 2.13. The SMILES string of the molecule is COCCOc1ccc(C(=O)N[C@H](Cc2ccccc2)C(=O)O)cc1. The van der Waals surface area contributed by atoms with Crippen LogP contribution in [0.4, 0.5) is 0 Å². The molecular formula is C19H21NO5. The van der Waals surface area contributed by atoms with Gasteiger partial charge in [-0.1, -0.05) is 30.3 Å². The smallest absolute Gasteiger partial charge is 0.326 e. The highest BCUT2D eigenvalue weighted by atomic mass is 16.5. The van der Waals surface area contributed by atoms with Gasteiger partial charge in [0.25, 0.3) is 5.91 Å². The van der Waals surface area contributed by atoms with Crippen molar-refractivity contribution in [2.75, 3.05) is 20.3 Å². The fourth-order valence-corrected chi connectivity index (χ4v) is 2.24. The predicted octanol–water partition coefficient (Wildman–Crippen LogP) is 2.14. The number of carbonyl (C=O) groups is 2. The van der Waals surface area contributed by atoms with Gasteiger partial charge in [0.1, 0.15) is 18.4 Å². The van der Waals surface area contributed by atoms with E-state index >= 15 is 0 Å². The molecule has 1 amide bonds. The Morgan fingerprint density at radius 3 is 2.32 bits per heavy atom. The van der Waals surface area contributed by atoms with Crippen LogP contribution in [0, 0.1) is 0 Å². The van der Waals surface area contributed by atoms with E-state index in [1.807, 2.05) is 30.3 Å². The fourth-order valence-electron chi connectivity index (χ4n) is 2.24. The van der Waals surface area contributed by atoms with Crippen LogP contribution in [0.2, 0.25) is 0 Å². The number of aliphatic carboxylic acids is 1. The summed E-state index contributed by atoms with van der Waals surface area (Å²) in [6.07, 6.45) is 0.222. The van der Waals surface area contributed by atoms with Crippen molar-refractivity contribution in [2.45, 2.75) is 12.5 Å². The predicted molar refractivity (Wildman–Crippen MR) is 92.8 cm³/mol. The third kappa shape index (κ3) is 5.93. The molecule has 0 fully saturated rings. The lowest BCUT2D eigenvalue weighted by atomic mass is 10.1. The Morgan fingerprint density at radius 1 is 1.04 bits per heavy atom. The van der Waals surface area contributed by atoms with Gasteiger partial charge in [-0.3, -0.25) is 4.79 Å². The molecule has 0 saturated heterocycles. The zero-order chi connectivity index (χ0) is 18.1. The number of nitrogens with one attached hydrogen (secondary N) is 1. The lowest BCUT2D eigenvalue weighted by Gasteiger charge is -2.15. The summed E-state index contributed by atoms with van der Waals surface area (Å²) in [6, 6.07) is 14.7. The molecular weight excluding hydrogens is 322 g/mol. The van der Waals surface area contributed by atoms with Crippen LogP contribution in [0.5, 0.6) is 5.75 Å². The van der Waals surface area contributed by atoms with Crippen LogP contribution in [0.1, 0.15) is 15.9 Å². The zero-order valence-corrected chi connectivity index (χ0v) is 14.0. The topological polar surface area (TPSA) is 84.9 Å². The van der Waals surface area contributed by atoms with Crippen molar-refractivity contribution in [2.24, 2.45) is 0 Å². The van der Waals surface area contributed by atoms with Crippen LogP contribution >= 0.6 is 0 Å². The maximum atomic E-state index is 12.3. The summed E-state index contributed by atoms with van der Waals surface area (Å²) >= 11 is 0. The number of carboxylic acids is 1. The van der Waals surface area contributed by atoms with E-state index in [1.165, 1.54) is 0 Å². The standard InChI is InChI=1S/C19H21NO5/c1-24-11-12-25-16-9-7-15(8-10-16)18(21)20-17(19(22)23)13-14-5-3-2-4-6-14/h2-10,17H,11-13H2,1H3,(H,20,21)(H,22,23)/t17-/m1/s1. The van der Waals surface area contributed by atoms with Gasteiger partial charge in [-0.15, -0.1) is 0 Å². The van der Waals surface area contributed by atoms with Gasteiger partial charge in [-0.25, -0.2) is 4.79 Å². The van der Waals surface area contributed by atoms with Gasteiger partial charge in [0, 0.05) is 19.1 Å². The average molecular weight is 343 g/mol. The van der Waals surface area contributed by atoms with Crippen molar-refractivity contribution in [3.8, 4) is 5.75 Å². The molecule has 6 heteroatoms. The fraction of sp³-hybridized carbons (Fsp3) is 0.263. The molecule has 0 spiro atoms. The first-order valence-corrected chi connectivity index (χ1v) is 7.89. The largest absolute Gasteiger partial charge is 0.491 e. The number of amides is 1. The zero-order valence-electron chi connectivity index (χ0n) is 14.0. The maximum absolute atomic E-state index is 12.3. The summed E-state index contributed by atoms with van der Waals surface area (Å²) in [4.78, 5) is 23.7. The van der Waals surface area contributed by atoms with E-state index < -0.39 is 17.9 Å². The Morgan fingerprint density at radius 2 is 1.72 bits per heavy atom. The lowest BCUT2D eigenvalue weighted by Crippen LogP contribution is -2.42. The van der Waals surface area contributed by atoms with Crippen molar-refractivity contribution in [3.05, 3.63) is 65.7 Å². The van der Waals surface area contributed by atoms with Crippen molar-refractivity contribution in [1.29, 1.82) is 0 Å². The van der Waals surface area contributed by atoms with Gasteiger partial charge in [0.2, 0.25) is 0 Å². The Bertz CT molecular complexity index is 685. The number of hydrogen-bond acceptors (Lipinski definition) is 4. The molecule has 0 aliphatic carbocycles. The monoisotopic (exact) mass is 343 g/mol. The number of ether oxygens (including phenoxy) is 2. The van der Waals surface area contributed by atoms with Gasteiger partial charge in [-0.05, 0) is 29.8 Å². The Balaban J connectivity index is 1.97. The average Bonchev–Trinajstić information content (AvgIpc) is 2.62. The van der Waals surface area contributed by atoms with Crippen LogP contribution in [0.3, 0.4) is 0 Å². The number of benzene rings is 2. The first-order chi connectivity index (χ1) is 12.1. The van der Waals surface area contributed by atoms with Gasteiger partial charge < -0.3 is 19.9 Å². The molecule has 0 radical (unpaired) electrons. The second-order valence-electron chi connectivity index (χ2n) is 5.42. The van der Waals surface area contributed by atoms with Crippen LogP contribution in [0.25, 0.3) is 0 Å². The summed E-state index contributed by atoms with van der Waals surface area (Å²) in [6.45, 7) is 0.891. The molecule has 25 heavy (non-hydrogen) atoms. The molecule has 2 aromatic rings. The summed E-state index contributed by atoms with van der Waals surface area (Å²) in [7, 11) is 1.59. The highest BCUT2D eigenvalue weighted by molar-refractivity contribution is 5.96. The van der Waals surface area contributed by atoms with Crippen LogP contribution < -0.4 is 10.1 Å². The molecule has 0 saturated carbocycles. The van der Waals surface area contributed by atoms with Gasteiger partial charge >= 0.3 is 5.97 Å². The van der Waals surface area contributed by atoms with Crippen molar-refractivity contribution < 1.29 is 24.2 Å². The van der Waals surface area contributed by atoms with E-state index in [1.54, 1.807) is 31.4 Å². The minimum absolute atomic E-state index is 0.222. The van der Waals surface area contributed by atoms with Crippen LogP contribution in [-0.2, 0) is 16.0 Å².